The number of rotatable bonds is 18. The second-order valence-corrected chi connectivity index (χ2v) is 15.3. The van der Waals surface area contributed by atoms with Gasteiger partial charge in [-0.05, 0) is 28.8 Å². The van der Waals surface area contributed by atoms with E-state index in [1.54, 1.807) is 12.1 Å². The molecule has 6 unspecified atom stereocenters. The van der Waals surface area contributed by atoms with Crippen molar-refractivity contribution in [2.45, 2.75) is 108 Å². The van der Waals surface area contributed by atoms with E-state index in [1.165, 1.54) is 14.0 Å². The molecule has 4 aromatic carbocycles. The number of esters is 4. The Morgan fingerprint density at radius 1 is 0.554 bits per heavy atom. The summed E-state index contributed by atoms with van der Waals surface area (Å²) in [6.07, 6.45) is -12.3. The van der Waals surface area contributed by atoms with Crippen molar-refractivity contribution in [2.24, 2.45) is 0 Å². The van der Waals surface area contributed by atoms with Crippen LogP contribution in [0.5, 0.6) is 0 Å². The molecule has 0 N–H and O–H groups in total. The molecule has 15 nitrogen and oxygen atoms in total. The molecule has 0 aliphatic carbocycles. The summed E-state index contributed by atoms with van der Waals surface area (Å²) in [6, 6.07) is 37.5. The minimum absolute atomic E-state index is 0.0153. The Balaban J connectivity index is 1.57. The number of methoxy groups -OCH3 is 1. The Hall–Kier alpha value is -5.96. The van der Waals surface area contributed by atoms with Gasteiger partial charge in [-0.2, -0.15) is 0 Å². The predicted molar refractivity (Wildman–Crippen MR) is 231 cm³/mol. The van der Waals surface area contributed by atoms with Gasteiger partial charge >= 0.3 is 23.9 Å². The summed E-state index contributed by atoms with van der Waals surface area (Å²) in [5.74, 6) is 3.50. The lowest BCUT2D eigenvalue weighted by Gasteiger charge is -2.53. The van der Waals surface area contributed by atoms with Gasteiger partial charge in [0.05, 0.1) is 26.4 Å². The fraction of sp³-hybridized carbons (Fsp3) is 0.400. The van der Waals surface area contributed by atoms with E-state index >= 15 is 0 Å². The highest BCUT2D eigenvalue weighted by Crippen LogP contribution is 2.42. The van der Waals surface area contributed by atoms with Gasteiger partial charge in [0.1, 0.15) is 31.0 Å². The zero-order valence-electron chi connectivity index (χ0n) is 36.9. The molecule has 0 aromatic heterocycles. The van der Waals surface area contributed by atoms with Gasteiger partial charge in [0.15, 0.2) is 30.2 Å². The zero-order chi connectivity index (χ0) is 46.2. The molecule has 0 saturated carbocycles. The van der Waals surface area contributed by atoms with Crippen molar-refractivity contribution in [3.8, 4) is 11.8 Å². The summed E-state index contributed by atoms with van der Waals surface area (Å²) >= 11 is 0. The van der Waals surface area contributed by atoms with Gasteiger partial charge in [0, 0.05) is 40.4 Å². The molecule has 0 bridgehead atoms. The molecule has 2 heterocycles. The lowest BCUT2D eigenvalue weighted by Crippen LogP contribution is -2.72. The molecular weight excluding hydrogens is 841 g/mol. The average molecular weight is 895 g/mol. The first-order valence-corrected chi connectivity index (χ1v) is 21.1. The molecule has 15 heteroatoms. The molecule has 0 radical (unpaired) electrons. The van der Waals surface area contributed by atoms with E-state index in [1.807, 2.05) is 109 Å². The molecule has 344 valence electrons. The third-order valence-electron chi connectivity index (χ3n) is 10.4. The van der Waals surface area contributed by atoms with Gasteiger partial charge in [0.25, 0.3) is 0 Å². The van der Waals surface area contributed by atoms with Crippen LogP contribution in [-0.2, 0) is 91.1 Å². The first-order valence-electron chi connectivity index (χ1n) is 21.1. The summed E-state index contributed by atoms with van der Waals surface area (Å²) in [7, 11) is 1.47. The minimum atomic E-state index is -2.01. The Bertz CT molecular complexity index is 2200. The number of ether oxygens (including phenoxy) is 11. The van der Waals surface area contributed by atoms with Crippen LogP contribution < -0.4 is 0 Å². The van der Waals surface area contributed by atoms with Gasteiger partial charge in [-0.25, -0.2) is 0 Å². The molecule has 0 spiro atoms. The van der Waals surface area contributed by atoms with Crippen LogP contribution in [0.4, 0.5) is 0 Å². The maximum atomic E-state index is 13.0. The van der Waals surface area contributed by atoms with Gasteiger partial charge in [-0.1, -0.05) is 121 Å². The first-order chi connectivity index (χ1) is 31.4. The smallest absolute Gasteiger partial charge is 0.303 e. The molecule has 0 amide bonds. The van der Waals surface area contributed by atoms with Gasteiger partial charge in [-0.15, -0.1) is 0 Å². The molecule has 2 aliphatic heterocycles. The van der Waals surface area contributed by atoms with Crippen LogP contribution in [0.1, 0.15) is 49.9 Å². The highest BCUT2D eigenvalue weighted by molar-refractivity contribution is 5.68. The lowest BCUT2D eigenvalue weighted by molar-refractivity contribution is -0.385. The Morgan fingerprint density at radius 2 is 1.06 bits per heavy atom. The summed E-state index contributed by atoms with van der Waals surface area (Å²) < 4.78 is 69.5. The van der Waals surface area contributed by atoms with E-state index < -0.39 is 91.4 Å². The minimum Gasteiger partial charge on any atom is -0.463 e. The van der Waals surface area contributed by atoms with Crippen molar-refractivity contribution in [2.75, 3.05) is 20.3 Å². The predicted octanol–water partition coefficient (Wildman–Crippen LogP) is 5.64. The summed E-state index contributed by atoms with van der Waals surface area (Å²) in [5.41, 5.74) is 1.07. The highest BCUT2D eigenvalue weighted by Gasteiger charge is 2.63. The van der Waals surface area contributed by atoms with Gasteiger partial charge in [0.2, 0.25) is 6.29 Å². The number of carbonyl (C=O) groups excluding carboxylic acids is 4. The lowest BCUT2D eigenvalue weighted by atomic mass is 9.83. The number of benzene rings is 4. The summed E-state index contributed by atoms with van der Waals surface area (Å²) in [4.78, 5) is 50.7. The standard InChI is InChI=1S/C50H54O15/c1-33(51)57-31-41-43(60-34(2)52)44(61-35(3)53)45(62-36(4)54)49(63-41)65-50(27-26-37-18-10-6-11-19-37)42(32-56-28-38-20-12-7-13-21-38)64-48(55-5)46(58-29-39-22-14-8-15-23-39)47(50)59-30-40-24-16-9-17-25-40/h6-25,41-49H,28-32H2,1-5H3/t41?,42?,43-,44?,45?,46?,47?,48-,49-,50-/m0/s1. The first kappa shape index (κ1) is 48.5. The monoisotopic (exact) mass is 894 g/mol. The Morgan fingerprint density at radius 3 is 1.60 bits per heavy atom. The molecule has 4 aromatic rings. The number of hydrogen-bond donors (Lipinski definition) is 0. The van der Waals surface area contributed by atoms with Crippen LogP contribution >= 0.6 is 0 Å². The normalized spacial score (nSPS) is 26.1. The number of hydrogen-bond acceptors (Lipinski definition) is 15. The largest absolute Gasteiger partial charge is 0.463 e. The third-order valence-corrected chi connectivity index (χ3v) is 10.4. The molecular formula is C50H54O15. The second-order valence-electron chi connectivity index (χ2n) is 15.3. The average Bonchev–Trinajstić information content (AvgIpc) is 3.30. The molecule has 2 saturated heterocycles. The van der Waals surface area contributed by atoms with Gasteiger partial charge in [-0.3, -0.25) is 19.2 Å². The maximum Gasteiger partial charge on any atom is 0.303 e. The second kappa shape index (κ2) is 23.8. The number of carbonyl (C=O) groups is 4. The van der Waals surface area contributed by atoms with Crippen LogP contribution in [0.15, 0.2) is 121 Å². The maximum absolute atomic E-state index is 13.0. The van der Waals surface area contributed by atoms with Crippen LogP contribution in [0.25, 0.3) is 0 Å². The zero-order valence-corrected chi connectivity index (χ0v) is 36.9. The highest BCUT2D eigenvalue weighted by atomic mass is 16.8. The van der Waals surface area contributed by atoms with Crippen LogP contribution in [0, 0.1) is 11.8 Å². The Kier molecular flexibility index (Phi) is 17.8. The van der Waals surface area contributed by atoms with E-state index in [2.05, 4.69) is 11.8 Å². The molecule has 10 atom stereocenters. The van der Waals surface area contributed by atoms with Crippen molar-refractivity contribution in [3.05, 3.63) is 144 Å². The molecule has 6 rings (SSSR count). The molecule has 2 aliphatic rings. The quantitative estimate of drug-likeness (QED) is 0.0683. The summed E-state index contributed by atoms with van der Waals surface area (Å²) in [6.45, 7) is 4.18. The van der Waals surface area contributed by atoms with E-state index in [0.717, 1.165) is 37.5 Å². The van der Waals surface area contributed by atoms with E-state index in [4.69, 9.17) is 52.1 Å². The van der Waals surface area contributed by atoms with Crippen LogP contribution in [-0.4, -0.2) is 105 Å². The van der Waals surface area contributed by atoms with E-state index in [-0.39, 0.29) is 26.4 Å². The van der Waals surface area contributed by atoms with Crippen LogP contribution in [0.2, 0.25) is 0 Å². The Labute approximate surface area is 378 Å². The molecule has 2 fully saturated rings. The fourth-order valence-corrected chi connectivity index (χ4v) is 7.52. The third kappa shape index (κ3) is 13.5. The van der Waals surface area contributed by atoms with Crippen molar-refractivity contribution in [1.82, 2.24) is 0 Å². The summed E-state index contributed by atoms with van der Waals surface area (Å²) in [5, 5.41) is 0. The van der Waals surface area contributed by atoms with Crippen molar-refractivity contribution in [1.29, 1.82) is 0 Å². The van der Waals surface area contributed by atoms with E-state index in [0.29, 0.717) is 5.56 Å². The van der Waals surface area contributed by atoms with Crippen molar-refractivity contribution >= 4 is 23.9 Å². The van der Waals surface area contributed by atoms with Crippen LogP contribution in [0.3, 0.4) is 0 Å². The SMILES string of the molecule is CO[C@H]1OC(COCc2ccccc2)[C@](C#Cc2ccccc2)(O[C@@H]2OC(COC(C)=O)[C@H](OC(C)=O)C(OC(C)=O)C2OC(C)=O)C(OCc2ccccc2)C1OCc1ccccc1. The van der Waals surface area contributed by atoms with E-state index in [9.17, 15) is 19.2 Å². The topological polar surface area (TPSA) is 170 Å². The van der Waals surface area contributed by atoms with Crippen molar-refractivity contribution in [3.63, 3.8) is 0 Å². The van der Waals surface area contributed by atoms with Gasteiger partial charge < -0.3 is 52.1 Å². The fourth-order valence-electron chi connectivity index (χ4n) is 7.52. The molecule has 65 heavy (non-hydrogen) atoms. The van der Waals surface area contributed by atoms with Crippen molar-refractivity contribution < 1.29 is 71.3 Å².